The molecule has 2 aromatic heterocycles. The van der Waals surface area contributed by atoms with Crippen LogP contribution in [0.15, 0.2) is 53.9 Å². The van der Waals surface area contributed by atoms with Crippen molar-refractivity contribution >= 4 is 17.7 Å². The van der Waals surface area contributed by atoms with Gasteiger partial charge in [-0.15, -0.1) is 10.2 Å². The van der Waals surface area contributed by atoms with E-state index >= 15 is 0 Å². The van der Waals surface area contributed by atoms with Gasteiger partial charge >= 0.3 is 0 Å². The molecule has 8 heteroatoms. The molecule has 2 atom stereocenters. The van der Waals surface area contributed by atoms with E-state index in [0.29, 0.717) is 24.3 Å². The summed E-state index contributed by atoms with van der Waals surface area (Å²) in [7, 11) is 1.66. The molecule has 1 fully saturated rings. The van der Waals surface area contributed by atoms with E-state index in [2.05, 4.69) is 32.0 Å². The number of nitrogens with one attached hydrogen (secondary N) is 1. The third-order valence-corrected chi connectivity index (χ3v) is 7.15. The van der Waals surface area contributed by atoms with Gasteiger partial charge in [-0.25, -0.2) is 0 Å². The van der Waals surface area contributed by atoms with Gasteiger partial charge in [0.1, 0.15) is 5.75 Å². The fourth-order valence-electron chi connectivity index (χ4n) is 4.37. The van der Waals surface area contributed by atoms with Crippen LogP contribution in [-0.4, -0.2) is 45.1 Å². The zero-order valence-corrected chi connectivity index (χ0v) is 20.1. The van der Waals surface area contributed by atoms with E-state index in [-0.39, 0.29) is 5.91 Å². The first-order valence-corrected chi connectivity index (χ1v) is 12.5. The standard InChI is InChI=1S/C25H31N5O2S/c1-18-6-3-4-8-22(18)30-24(20-7-5-14-26-16-20)28-29-25(30)33-17-23(31)27-15-13-19-9-11-21(32-2)12-10-19/h5,7,9-12,14,16,18,22H,3-4,6,8,13,15,17H2,1-2H3,(H,27,31)/t18-,22-/m0/s1. The molecule has 3 aromatic rings. The third-order valence-electron chi connectivity index (χ3n) is 6.21. The molecule has 1 amide bonds. The molecule has 1 aliphatic rings. The number of carbonyl (C=O) groups is 1. The molecule has 1 N–H and O–H groups in total. The lowest BCUT2D eigenvalue weighted by Gasteiger charge is -2.31. The summed E-state index contributed by atoms with van der Waals surface area (Å²) in [4.78, 5) is 16.8. The number of pyridine rings is 1. The molecular weight excluding hydrogens is 434 g/mol. The number of ether oxygens (including phenoxy) is 1. The van der Waals surface area contributed by atoms with Gasteiger partial charge < -0.3 is 10.1 Å². The van der Waals surface area contributed by atoms with Crippen molar-refractivity contribution in [3.8, 4) is 17.1 Å². The lowest BCUT2D eigenvalue weighted by atomic mass is 9.85. The summed E-state index contributed by atoms with van der Waals surface area (Å²) in [6.45, 7) is 2.90. The summed E-state index contributed by atoms with van der Waals surface area (Å²) in [5.74, 6) is 2.53. The van der Waals surface area contributed by atoms with Crippen molar-refractivity contribution in [2.24, 2.45) is 5.92 Å². The second-order valence-electron chi connectivity index (χ2n) is 8.48. The first-order valence-electron chi connectivity index (χ1n) is 11.5. The number of methoxy groups -OCH3 is 1. The first-order chi connectivity index (χ1) is 16.2. The van der Waals surface area contributed by atoms with E-state index < -0.39 is 0 Å². The molecule has 0 bridgehead atoms. The number of carbonyl (C=O) groups excluding carboxylic acids is 1. The largest absolute Gasteiger partial charge is 0.497 e. The predicted octanol–water partition coefficient (Wildman–Crippen LogP) is 4.55. The second-order valence-corrected chi connectivity index (χ2v) is 9.43. The number of rotatable bonds is 9. The van der Waals surface area contributed by atoms with Crippen LogP contribution in [0.2, 0.25) is 0 Å². The summed E-state index contributed by atoms with van der Waals surface area (Å²) >= 11 is 1.46. The Labute approximate surface area is 199 Å². The van der Waals surface area contributed by atoms with E-state index in [9.17, 15) is 4.79 Å². The number of benzene rings is 1. The lowest BCUT2D eigenvalue weighted by Crippen LogP contribution is -2.28. The maximum Gasteiger partial charge on any atom is 0.230 e. The second kappa shape index (κ2) is 11.3. The van der Waals surface area contributed by atoms with Gasteiger partial charge in [0.2, 0.25) is 5.91 Å². The summed E-state index contributed by atoms with van der Waals surface area (Å²) in [5, 5.41) is 12.8. The molecule has 0 radical (unpaired) electrons. The van der Waals surface area contributed by atoms with Gasteiger partial charge in [-0.05, 0) is 55.0 Å². The molecule has 2 heterocycles. The Morgan fingerprint density at radius 2 is 2.00 bits per heavy atom. The molecular formula is C25H31N5O2S. The Bertz CT molecular complexity index is 1040. The topological polar surface area (TPSA) is 81.9 Å². The zero-order chi connectivity index (χ0) is 23.0. The summed E-state index contributed by atoms with van der Waals surface area (Å²) < 4.78 is 7.43. The normalized spacial score (nSPS) is 18.1. The fraction of sp³-hybridized carbons (Fsp3) is 0.440. The number of hydrogen-bond acceptors (Lipinski definition) is 6. The van der Waals surface area contributed by atoms with Gasteiger partial charge in [-0.1, -0.05) is 43.7 Å². The number of amides is 1. The fourth-order valence-corrected chi connectivity index (χ4v) is 5.19. The van der Waals surface area contributed by atoms with Crippen molar-refractivity contribution in [2.75, 3.05) is 19.4 Å². The molecule has 7 nitrogen and oxygen atoms in total. The number of hydrogen-bond donors (Lipinski definition) is 1. The first kappa shape index (κ1) is 23.3. The van der Waals surface area contributed by atoms with Crippen LogP contribution >= 0.6 is 11.8 Å². The molecule has 1 aliphatic carbocycles. The Morgan fingerprint density at radius 3 is 2.73 bits per heavy atom. The molecule has 0 unspecified atom stereocenters. The molecule has 0 saturated heterocycles. The van der Waals surface area contributed by atoms with Gasteiger partial charge in [0.15, 0.2) is 11.0 Å². The van der Waals surface area contributed by atoms with Gasteiger partial charge in [0.25, 0.3) is 0 Å². The quantitative estimate of drug-likeness (QED) is 0.467. The van der Waals surface area contributed by atoms with Gasteiger partial charge in [0.05, 0.1) is 12.9 Å². The van der Waals surface area contributed by atoms with Crippen LogP contribution < -0.4 is 10.1 Å². The minimum Gasteiger partial charge on any atom is -0.497 e. The van der Waals surface area contributed by atoms with Crippen LogP contribution in [0, 0.1) is 5.92 Å². The molecule has 4 rings (SSSR count). The van der Waals surface area contributed by atoms with Crippen LogP contribution in [0.4, 0.5) is 0 Å². The average Bonchev–Trinajstić information content (AvgIpc) is 3.28. The van der Waals surface area contributed by atoms with Gasteiger partial charge in [-0.3, -0.25) is 14.3 Å². The van der Waals surface area contributed by atoms with Crippen LogP contribution in [0.1, 0.15) is 44.2 Å². The molecule has 174 valence electrons. The average molecular weight is 466 g/mol. The number of aromatic nitrogens is 4. The minimum absolute atomic E-state index is 0.00248. The monoisotopic (exact) mass is 465 g/mol. The van der Waals surface area contributed by atoms with Crippen LogP contribution in [0.5, 0.6) is 5.75 Å². The summed E-state index contributed by atoms with van der Waals surface area (Å²) in [6, 6.07) is 12.2. The molecule has 1 aromatic carbocycles. The van der Waals surface area contributed by atoms with Crippen molar-refractivity contribution in [3.05, 3.63) is 54.4 Å². The maximum absolute atomic E-state index is 12.5. The molecule has 33 heavy (non-hydrogen) atoms. The number of thioether (sulfide) groups is 1. The van der Waals surface area contributed by atoms with Crippen LogP contribution in [0.3, 0.4) is 0 Å². The van der Waals surface area contributed by atoms with E-state index in [4.69, 9.17) is 4.74 Å². The highest BCUT2D eigenvalue weighted by molar-refractivity contribution is 7.99. The molecule has 0 aliphatic heterocycles. The van der Waals surface area contributed by atoms with E-state index in [0.717, 1.165) is 40.7 Å². The highest BCUT2D eigenvalue weighted by atomic mass is 32.2. The lowest BCUT2D eigenvalue weighted by molar-refractivity contribution is -0.118. The summed E-state index contributed by atoms with van der Waals surface area (Å²) in [5.41, 5.74) is 2.12. The SMILES string of the molecule is COc1ccc(CCNC(=O)CSc2nnc(-c3cccnc3)n2[C@H]2CCCC[C@@H]2C)cc1. The minimum atomic E-state index is 0.00248. The predicted molar refractivity (Wildman–Crippen MR) is 130 cm³/mol. The third kappa shape index (κ3) is 5.93. The van der Waals surface area contributed by atoms with Crippen molar-refractivity contribution in [3.63, 3.8) is 0 Å². The van der Waals surface area contributed by atoms with E-state index in [1.54, 1.807) is 13.3 Å². The van der Waals surface area contributed by atoms with Crippen molar-refractivity contribution in [1.29, 1.82) is 0 Å². The summed E-state index contributed by atoms with van der Waals surface area (Å²) in [6.07, 6.45) is 9.14. The Hall–Kier alpha value is -2.87. The maximum atomic E-state index is 12.5. The van der Waals surface area contributed by atoms with Gasteiger partial charge in [-0.2, -0.15) is 0 Å². The van der Waals surface area contributed by atoms with E-state index in [1.807, 2.05) is 42.6 Å². The van der Waals surface area contributed by atoms with Crippen molar-refractivity contribution < 1.29 is 9.53 Å². The highest BCUT2D eigenvalue weighted by Crippen LogP contribution is 2.38. The van der Waals surface area contributed by atoms with Crippen molar-refractivity contribution in [1.82, 2.24) is 25.1 Å². The zero-order valence-electron chi connectivity index (χ0n) is 19.2. The van der Waals surface area contributed by atoms with Crippen molar-refractivity contribution in [2.45, 2.75) is 50.2 Å². The Balaban J connectivity index is 1.39. The van der Waals surface area contributed by atoms with Crippen LogP contribution in [0.25, 0.3) is 11.4 Å². The Morgan fingerprint density at radius 1 is 1.18 bits per heavy atom. The van der Waals surface area contributed by atoms with Gasteiger partial charge in [0, 0.05) is 30.5 Å². The van der Waals surface area contributed by atoms with E-state index in [1.165, 1.54) is 31.0 Å². The molecule has 0 spiro atoms. The number of nitrogens with zero attached hydrogens (tertiary/aromatic N) is 4. The smallest absolute Gasteiger partial charge is 0.230 e. The molecule has 1 saturated carbocycles. The Kier molecular flexibility index (Phi) is 7.99. The highest BCUT2D eigenvalue weighted by Gasteiger charge is 2.29. The van der Waals surface area contributed by atoms with Crippen LogP contribution in [-0.2, 0) is 11.2 Å².